The molecular formula is C16H35NO5. The minimum Gasteiger partial charge on any atom is -0.394 e. The predicted octanol–water partition coefficient (Wildman–Crippen LogP) is 1.61. The highest BCUT2D eigenvalue weighted by molar-refractivity contribution is 5.75. The van der Waals surface area contributed by atoms with Crippen molar-refractivity contribution in [2.24, 2.45) is 5.92 Å². The number of aliphatic hydroxyl groups is 1. The molecule has 0 bridgehead atoms. The fourth-order valence-electron chi connectivity index (χ4n) is 1.38. The van der Waals surface area contributed by atoms with E-state index in [4.69, 9.17) is 19.3 Å². The van der Waals surface area contributed by atoms with E-state index in [0.717, 1.165) is 6.42 Å². The van der Waals surface area contributed by atoms with E-state index in [0.29, 0.717) is 58.5 Å². The van der Waals surface area contributed by atoms with Crippen LogP contribution in [0.4, 0.5) is 0 Å². The number of nitrogens with one attached hydrogen (secondary N) is 1. The topological polar surface area (TPSA) is 77.0 Å². The van der Waals surface area contributed by atoms with Crippen LogP contribution in [0.1, 0.15) is 40.5 Å². The molecule has 2 N–H and O–H groups in total. The van der Waals surface area contributed by atoms with E-state index in [1.165, 1.54) is 0 Å². The Kier molecular flexibility index (Phi) is 21.8. The van der Waals surface area contributed by atoms with Crippen molar-refractivity contribution in [1.82, 2.24) is 5.32 Å². The van der Waals surface area contributed by atoms with E-state index in [1.807, 2.05) is 13.8 Å². The van der Waals surface area contributed by atoms with Gasteiger partial charge in [0.05, 0.1) is 46.2 Å². The molecule has 0 aliphatic rings. The second-order valence-corrected chi connectivity index (χ2v) is 4.84. The summed E-state index contributed by atoms with van der Waals surface area (Å²) in [6, 6.07) is 0. The number of aliphatic hydroxyl groups excluding tert-OH is 1. The van der Waals surface area contributed by atoms with Crippen LogP contribution in [0.2, 0.25) is 0 Å². The fraction of sp³-hybridized carbons (Fsp3) is 0.938. The fourth-order valence-corrected chi connectivity index (χ4v) is 1.38. The Balaban J connectivity index is 0. The van der Waals surface area contributed by atoms with Gasteiger partial charge in [-0.1, -0.05) is 27.7 Å². The number of carbonyl (C=O) groups excluding carboxylic acids is 1. The van der Waals surface area contributed by atoms with Crippen molar-refractivity contribution in [1.29, 1.82) is 0 Å². The molecular weight excluding hydrogens is 286 g/mol. The third kappa shape index (κ3) is 21.6. The van der Waals surface area contributed by atoms with Crippen molar-refractivity contribution >= 4 is 5.91 Å². The van der Waals surface area contributed by atoms with Gasteiger partial charge >= 0.3 is 0 Å². The van der Waals surface area contributed by atoms with Crippen LogP contribution in [0.25, 0.3) is 0 Å². The highest BCUT2D eigenvalue weighted by Gasteiger charge is 2.02. The Bertz CT molecular complexity index is 225. The molecule has 0 radical (unpaired) electrons. The van der Waals surface area contributed by atoms with Gasteiger partial charge in [-0.2, -0.15) is 0 Å². The largest absolute Gasteiger partial charge is 0.394 e. The summed E-state index contributed by atoms with van der Waals surface area (Å²) in [5.41, 5.74) is 0. The lowest BCUT2D eigenvalue weighted by atomic mass is 10.1. The lowest BCUT2D eigenvalue weighted by molar-refractivity contribution is -0.121. The summed E-state index contributed by atoms with van der Waals surface area (Å²) in [6.45, 7) is 11.6. The van der Waals surface area contributed by atoms with Gasteiger partial charge in [-0.15, -0.1) is 0 Å². The van der Waals surface area contributed by atoms with Crippen LogP contribution in [0, 0.1) is 5.92 Å². The Labute approximate surface area is 135 Å². The van der Waals surface area contributed by atoms with E-state index in [-0.39, 0.29) is 12.5 Å². The number of hydrogen-bond acceptors (Lipinski definition) is 5. The molecule has 0 fully saturated rings. The summed E-state index contributed by atoms with van der Waals surface area (Å²) >= 11 is 0. The average molecular weight is 321 g/mol. The summed E-state index contributed by atoms with van der Waals surface area (Å²) in [6.07, 6.45) is 1.49. The Morgan fingerprint density at radius 1 is 0.955 bits per heavy atom. The summed E-state index contributed by atoms with van der Waals surface area (Å²) in [5, 5.41) is 11.3. The zero-order valence-electron chi connectivity index (χ0n) is 14.7. The van der Waals surface area contributed by atoms with Gasteiger partial charge in [-0.25, -0.2) is 0 Å². The van der Waals surface area contributed by atoms with Crippen LogP contribution in [-0.4, -0.2) is 63.8 Å². The molecule has 0 saturated heterocycles. The van der Waals surface area contributed by atoms with Gasteiger partial charge in [0.25, 0.3) is 0 Å². The Morgan fingerprint density at radius 2 is 1.45 bits per heavy atom. The molecule has 1 amide bonds. The minimum atomic E-state index is 0.0337. The van der Waals surface area contributed by atoms with Gasteiger partial charge < -0.3 is 24.6 Å². The molecule has 134 valence electrons. The molecule has 0 aromatic carbocycles. The molecule has 0 rings (SSSR count). The van der Waals surface area contributed by atoms with Crippen LogP contribution < -0.4 is 5.32 Å². The van der Waals surface area contributed by atoms with Crippen molar-refractivity contribution in [2.45, 2.75) is 40.5 Å². The zero-order chi connectivity index (χ0) is 17.1. The smallest absolute Gasteiger partial charge is 0.220 e. The third-order valence-electron chi connectivity index (χ3n) is 2.50. The maximum Gasteiger partial charge on any atom is 0.220 e. The van der Waals surface area contributed by atoms with Crippen LogP contribution in [0.3, 0.4) is 0 Å². The van der Waals surface area contributed by atoms with E-state index < -0.39 is 0 Å². The van der Waals surface area contributed by atoms with Gasteiger partial charge in [0.2, 0.25) is 5.91 Å². The van der Waals surface area contributed by atoms with Crippen molar-refractivity contribution in [3.8, 4) is 0 Å². The number of amides is 1. The lowest BCUT2D eigenvalue weighted by Gasteiger charge is -2.08. The first-order valence-electron chi connectivity index (χ1n) is 8.27. The molecule has 6 heteroatoms. The van der Waals surface area contributed by atoms with Gasteiger partial charge in [-0.3, -0.25) is 4.79 Å². The second-order valence-electron chi connectivity index (χ2n) is 4.84. The van der Waals surface area contributed by atoms with Gasteiger partial charge in [0, 0.05) is 13.0 Å². The Morgan fingerprint density at radius 3 is 1.95 bits per heavy atom. The molecule has 0 heterocycles. The highest BCUT2D eigenvalue weighted by atomic mass is 16.5. The van der Waals surface area contributed by atoms with E-state index in [9.17, 15) is 4.79 Å². The number of carbonyl (C=O) groups is 1. The molecule has 0 saturated carbocycles. The van der Waals surface area contributed by atoms with Crippen molar-refractivity contribution in [2.75, 3.05) is 52.8 Å². The number of hydrogen-bond donors (Lipinski definition) is 2. The van der Waals surface area contributed by atoms with Crippen LogP contribution in [0.15, 0.2) is 0 Å². The standard InChI is InChI=1S/C14H29NO5.C2H6/c1-13(2)3-4-14(17)15-5-7-18-9-11-20-12-10-19-8-6-16;1-2/h13,16H,3-12H2,1-2H3,(H,15,17);1-2H3. The van der Waals surface area contributed by atoms with E-state index >= 15 is 0 Å². The summed E-state index contributed by atoms with van der Waals surface area (Å²) in [7, 11) is 0. The maximum absolute atomic E-state index is 11.4. The molecule has 0 aromatic heterocycles. The molecule has 6 nitrogen and oxygen atoms in total. The molecule has 0 aromatic rings. The molecule has 0 aliphatic carbocycles. The number of ether oxygens (including phenoxy) is 3. The predicted molar refractivity (Wildman–Crippen MR) is 88.0 cm³/mol. The third-order valence-corrected chi connectivity index (χ3v) is 2.50. The van der Waals surface area contributed by atoms with Crippen LogP contribution in [-0.2, 0) is 19.0 Å². The minimum absolute atomic E-state index is 0.0337. The molecule has 0 aliphatic heterocycles. The van der Waals surface area contributed by atoms with Crippen molar-refractivity contribution < 1.29 is 24.1 Å². The van der Waals surface area contributed by atoms with Gasteiger partial charge in [0.15, 0.2) is 0 Å². The zero-order valence-corrected chi connectivity index (χ0v) is 14.7. The summed E-state index contributed by atoms with van der Waals surface area (Å²) in [5.74, 6) is 0.634. The molecule has 0 unspecified atom stereocenters. The first-order valence-corrected chi connectivity index (χ1v) is 8.27. The van der Waals surface area contributed by atoms with Gasteiger partial charge in [-0.05, 0) is 12.3 Å². The lowest BCUT2D eigenvalue weighted by Crippen LogP contribution is -2.27. The molecule has 22 heavy (non-hydrogen) atoms. The van der Waals surface area contributed by atoms with Crippen LogP contribution in [0.5, 0.6) is 0 Å². The summed E-state index contributed by atoms with van der Waals surface area (Å²) < 4.78 is 15.6. The maximum atomic E-state index is 11.4. The molecule has 0 spiro atoms. The van der Waals surface area contributed by atoms with Gasteiger partial charge in [0.1, 0.15) is 0 Å². The first kappa shape index (κ1) is 23.6. The first-order chi connectivity index (χ1) is 10.7. The molecule has 0 atom stereocenters. The average Bonchev–Trinajstić information content (AvgIpc) is 2.52. The quantitative estimate of drug-likeness (QED) is 0.475. The Hall–Kier alpha value is -0.690. The van der Waals surface area contributed by atoms with E-state index in [1.54, 1.807) is 0 Å². The number of rotatable bonds is 14. The van der Waals surface area contributed by atoms with Crippen molar-refractivity contribution in [3.05, 3.63) is 0 Å². The summed E-state index contributed by atoms with van der Waals surface area (Å²) in [4.78, 5) is 11.4. The normalized spacial score (nSPS) is 10.3. The van der Waals surface area contributed by atoms with Crippen molar-refractivity contribution in [3.63, 3.8) is 0 Å². The second kappa shape index (κ2) is 20.3. The highest BCUT2D eigenvalue weighted by Crippen LogP contribution is 2.02. The SMILES string of the molecule is CC.CC(C)CCC(=O)NCCOCCOCCOCCO. The monoisotopic (exact) mass is 321 g/mol. The van der Waals surface area contributed by atoms with E-state index in [2.05, 4.69) is 19.2 Å². The van der Waals surface area contributed by atoms with Crippen LogP contribution >= 0.6 is 0 Å².